The van der Waals surface area contributed by atoms with Crippen molar-refractivity contribution in [2.45, 2.75) is 51.5 Å². The summed E-state index contributed by atoms with van der Waals surface area (Å²) in [6.45, 7) is 4.19. The summed E-state index contributed by atoms with van der Waals surface area (Å²) < 4.78 is 0. The van der Waals surface area contributed by atoms with E-state index in [9.17, 15) is 4.79 Å². The summed E-state index contributed by atoms with van der Waals surface area (Å²) in [7, 11) is 0. The highest BCUT2D eigenvalue weighted by atomic mass is 16.1. The first-order chi connectivity index (χ1) is 9.78. The van der Waals surface area contributed by atoms with E-state index in [1.807, 2.05) is 0 Å². The normalized spacial score (nSPS) is 18.8. The van der Waals surface area contributed by atoms with E-state index in [1.54, 1.807) is 0 Å². The van der Waals surface area contributed by atoms with E-state index in [2.05, 4.69) is 41.8 Å². The van der Waals surface area contributed by atoms with E-state index in [1.165, 1.54) is 18.4 Å². The van der Waals surface area contributed by atoms with Crippen LogP contribution >= 0.6 is 0 Å². The lowest BCUT2D eigenvalue weighted by atomic mass is 10.0. The average Bonchev–Trinajstić information content (AvgIpc) is 2.47. The second-order valence-electron chi connectivity index (χ2n) is 5.71. The molecule has 3 nitrogen and oxygen atoms in total. The standard InChI is InChI=1S/C17H26N2O/c1-2-3-5-14-7-9-15(10-8-14)12-17(20)19-16-6-4-11-18-13-16/h7-10,16,18H,2-6,11-13H2,1H3,(H,19,20). The Morgan fingerprint density at radius 3 is 2.70 bits per heavy atom. The first kappa shape index (κ1) is 15.0. The van der Waals surface area contributed by atoms with Gasteiger partial charge in [-0.3, -0.25) is 4.79 Å². The second kappa shape index (κ2) is 8.05. The predicted molar refractivity (Wildman–Crippen MR) is 82.8 cm³/mol. The topological polar surface area (TPSA) is 41.1 Å². The number of carbonyl (C=O) groups excluding carboxylic acids is 1. The SMILES string of the molecule is CCCCc1ccc(CC(=O)NC2CCCNC2)cc1. The molecule has 1 saturated heterocycles. The fraction of sp³-hybridized carbons (Fsp3) is 0.588. The number of hydrogen-bond donors (Lipinski definition) is 2. The first-order valence-electron chi connectivity index (χ1n) is 7.86. The zero-order valence-corrected chi connectivity index (χ0v) is 12.5. The molecule has 0 spiro atoms. The van der Waals surface area contributed by atoms with Crippen LogP contribution in [-0.2, 0) is 17.6 Å². The summed E-state index contributed by atoms with van der Waals surface area (Å²) >= 11 is 0. The molecule has 0 saturated carbocycles. The first-order valence-corrected chi connectivity index (χ1v) is 7.86. The summed E-state index contributed by atoms with van der Waals surface area (Å²) in [6, 6.07) is 8.79. The Hall–Kier alpha value is -1.35. The number of unbranched alkanes of at least 4 members (excludes halogenated alkanes) is 1. The largest absolute Gasteiger partial charge is 0.352 e. The molecule has 0 aromatic heterocycles. The second-order valence-corrected chi connectivity index (χ2v) is 5.71. The molecule has 1 unspecified atom stereocenters. The van der Waals surface area contributed by atoms with Crippen LogP contribution in [0.2, 0.25) is 0 Å². The number of aryl methyl sites for hydroxylation is 1. The maximum Gasteiger partial charge on any atom is 0.224 e. The van der Waals surface area contributed by atoms with Gasteiger partial charge < -0.3 is 10.6 Å². The van der Waals surface area contributed by atoms with Crippen LogP contribution in [0, 0.1) is 0 Å². The van der Waals surface area contributed by atoms with Gasteiger partial charge in [0.1, 0.15) is 0 Å². The van der Waals surface area contributed by atoms with Crippen LogP contribution < -0.4 is 10.6 Å². The van der Waals surface area contributed by atoms with Crippen molar-refractivity contribution in [3.8, 4) is 0 Å². The fourth-order valence-corrected chi connectivity index (χ4v) is 2.64. The molecule has 0 radical (unpaired) electrons. The van der Waals surface area contributed by atoms with Crippen molar-refractivity contribution in [1.29, 1.82) is 0 Å². The molecule has 0 bridgehead atoms. The molecule has 1 aromatic rings. The minimum Gasteiger partial charge on any atom is -0.352 e. The highest BCUT2D eigenvalue weighted by Gasteiger charge is 2.15. The van der Waals surface area contributed by atoms with Gasteiger partial charge in [0.2, 0.25) is 5.91 Å². The zero-order valence-electron chi connectivity index (χ0n) is 12.5. The Morgan fingerprint density at radius 1 is 1.30 bits per heavy atom. The molecule has 1 atom stereocenters. The van der Waals surface area contributed by atoms with E-state index in [0.29, 0.717) is 12.5 Å². The average molecular weight is 274 g/mol. The van der Waals surface area contributed by atoms with Crippen molar-refractivity contribution < 1.29 is 4.79 Å². The van der Waals surface area contributed by atoms with Crippen LogP contribution in [0.4, 0.5) is 0 Å². The molecule has 1 aromatic carbocycles. The number of hydrogen-bond acceptors (Lipinski definition) is 2. The molecule has 0 aliphatic carbocycles. The van der Waals surface area contributed by atoms with Crippen molar-refractivity contribution in [1.82, 2.24) is 10.6 Å². The molecule has 1 aliphatic heterocycles. The minimum atomic E-state index is 0.139. The Balaban J connectivity index is 1.78. The zero-order chi connectivity index (χ0) is 14.2. The van der Waals surface area contributed by atoms with Crippen molar-refractivity contribution in [2.75, 3.05) is 13.1 Å². The van der Waals surface area contributed by atoms with Gasteiger partial charge in [-0.15, -0.1) is 0 Å². The molecule has 20 heavy (non-hydrogen) atoms. The smallest absolute Gasteiger partial charge is 0.224 e. The van der Waals surface area contributed by atoms with Gasteiger partial charge in [0.25, 0.3) is 0 Å². The number of rotatable bonds is 6. The summed E-state index contributed by atoms with van der Waals surface area (Å²) in [4.78, 5) is 12.0. The van der Waals surface area contributed by atoms with Crippen molar-refractivity contribution in [3.05, 3.63) is 35.4 Å². The van der Waals surface area contributed by atoms with Gasteiger partial charge in [0.15, 0.2) is 0 Å². The third kappa shape index (κ3) is 4.97. The molecule has 1 fully saturated rings. The Kier molecular flexibility index (Phi) is 6.06. The van der Waals surface area contributed by atoms with E-state index in [-0.39, 0.29) is 5.91 Å². The van der Waals surface area contributed by atoms with Gasteiger partial charge in [-0.05, 0) is 43.4 Å². The molecule has 1 aliphatic rings. The third-order valence-corrected chi connectivity index (χ3v) is 3.87. The number of carbonyl (C=O) groups is 1. The van der Waals surface area contributed by atoms with Crippen LogP contribution in [0.25, 0.3) is 0 Å². The van der Waals surface area contributed by atoms with Crippen LogP contribution in [0.15, 0.2) is 24.3 Å². The van der Waals surface area contributed by atoms with Crippen LogP contribution in [0.5, 0.6) is 0 Å². The quantitative estimate of drug-likeness (QED) is 0.836. The van der Waals surface area contributed by atoms with Gasteiger partial charge in [-0.1, -0.05) is 37.6 Å². The highest BCUT2D eigenvalue weighted by molar-refractivity contribution is 5.78. The Morgan fingerprint density at radius 2 is 2.05 bits per heavy atom. The lowest BCUT2D eigenvalue weighted by Gasteiger charge is -2.23. The lowest BCUT2D eigenvalue weighted by Crippen LogP contribution is -2.46. The van der Waals surface area contributed by atoms with Gasteiger partial charge in [-0.25, -0.2) is 0 Å². The van der Waals surface area contributed by atoms with Crippen molar-refractivity contribution in [2.24, 2.45) is 0 Å². The number of benzene rings is 1. The van der Waals surface area contributed by atoms with Gasteiger partial charge in [0, 0.05) is 12.6 Å². The molecule has 1 amide bonds. The van der Waals surface area contributed by atoms with Gasteiger partial charge >= 0.3 is 0 Å². The van der Waals surface area contributed by atoms with Gasteiger partial charge in [-0.2, -0.15) is 0 Å². The van der Waals surface area contributed by atoms with Gasteiger partial charge in [0.05, 0.1) is 6.42 Å². The monoisotopic (exact) mass is 274 g/mol. The van der Waals surface area contributed by atoms with Crippen LogP contribution in [0.3, 0.4) is 0 Å². The number of nitrogens with one attached hydrogen (secondary N) is 2. The highest BCUT2D eigenvalue weighted by Crippen LogP contribution is 2.09. The van der Waals surface area contributed by atoms with E-state index in [4.69, 9.17) is 0 Å². The maximum atomic E-state index is 12.0. The summed E-state index contributed by atoms with van der Waals surface area (Å²) in [5, 5.41) is 6.43. The molecular weight excluding hydrogens is 248 g/mol. The van der Waals surface area contributed by atoms with E-state index in [0.717, 1.165) is 37.9 Å². The van der Waals surface area contributed by atoms with Crippen molar-refractivity contribution >= 4 is 5.91 Å². The third-order valence-electron chi connectivity index (χ3n) is 3.87. The number of piperidine rings is 1. The molecule has 2 rings (SSSR count). The maximum absolute atomic E-state index is 12.0. The Labute approximate surface area is 122 Å². The minimum absolute atomic E-state index is 0.139. The summed E-state index contributed by atoms with van der Waals surface area (Å²) in [5.74, 6) is 0.139. The molecular formula is C17H26N2O. The molecule has 110 valence electrons. The van der Waals surface area contributed by atoms with E-state index < -0.39 is 0 Å². The lowest BCUT2D eigenvalue weighted by molar-refractivity contribution is -0.121. The number of amides is 1. The van der Waals surface area contributed by atoms with Crippen molar-refractivity contribution in [3.63, 3.8) is 0 Å². The predicted octanol–water partition coefficient (Wildman–Crippen LogP) is 2.44. The molecule has 2 N–H and O–H groups in total. The van der Waals surface area contributed by atoms with Crippen LogP contribution in [0.1, 0.15) is 43.7 Å². The Bertz CT molecular complexity index is 408. The molecule has 1 heterocycles. The van der Waals surface area contributed by atoms with E-state index >= 15 is 0 Å². The van der Waals surface area contributed by atoms with Crippen LogP contribution in [-0.4, -0.2) is 25.0 Å². The molecule has 3 heteroatoms. The summed E-state index contributed by atoms with van der Waals surface area (Å²) in [5.41, 5.74) is 2.47. The fourth-order valence-electron chi connectivity index (χ4n) is 2.64. The summed E-state index contributed by atoms with van der Waals surface area (Å²) in [6.07, 6.45) is 6.32.